The largest absolute Gasteiger partial charge is 0.348 e. The molecule has 2 rings (SSSR count). The molecule has 0 radical (unpaired) electrons. The third-order valence-electron chi connectivity index (χ3n) is 3.72. The fourth-order valence-electron chi connectivity index (χ4n) is 2.13. The molecule has 1 aliphatic rings. The highest BCUT2D eigenvalue weighted by Crippen LogP contribution is 2.06. The van der Waals surface area contributed by atoms with Gasteiger partial charge in [-0.2, -0.15) is 4.98 Å². The Balaban J connectivity index is 1.81. The maximum atomic E-state index is 12.2. The normalized spacial score (nSPS) is 15.7. The molecule has 22 heavy (non-hydrogen) atoms. The van der Waals surface area contributed by atoms with Crippen molar-refractivity contribution in [3.63, 3.8) is 0 Å². The molecule has 1 aromatic rings. The molecule has 0 aromatic carbocycles. The molecule has 0 spiro atoms. The summed E-state index contributed by atoms with van der Waals surface area (Å²) in [6.07, 6.45) is 0. The zero-order chi connectivity index (χ0) is 16.3. The summed E-state index contributed by atoms with van der Waals surface area (Å²) in [6.45, 7) is 4.74. The van der Waals surface area contributed by atoms with E-state index in [2.05, 4.69) is 20.3 Å². The number of hydrogen-bond acceptors (Lipinski definition) is 5. The van der Waals surface area contributed by atoms with Crippen molar-refractivity contribution >= 4 is 17.9 Å². The van der Waals surface area contributed by atoms with Gasteiger partial charge in [0.1, 0.15) is 5.82 Å². The summed E-state index contributed by atoms with van der Waals surface area (Å²) < 4.78 is 1.61. The Morgan fingerprint density at radius 2 is 1.86 bits per heavy atom. The summed E-state index contributed by atoms with van der Waals surface area (Å²) in [5, 5.41) is 6.80. The Bertz CT molecular complexity index is 527. The standard InChI is InChI=1S/C13H23N7O2/c1-10-14-12(16-18(10)4)15-13(22)20-7-5-19(6-8-20)9-11(21)17(2)3/h5-9H2,1-4H3,(H,15,16,22). The molecule has 0 atom stereocenters. The fourth-order valence-corrected chi connectivity index (χ4v) is 2.13. The van der Waals surface area contributed by atoms with Crippen LogP contribution < -0.4 is 5.32 Å². The lowest BCUT2D eigenvalue weighted by Gasteiger charge is -2.34. The van der Waals surface area contributed by atoms with Crippen LogP contribution in [0, 0.1) is 6.92 Å². The monoisotopic (exact) mass is 309 g/mol. The predicted octanol–water partition coefficient (Wildman–Crippen LogP) is -0.639. The first-order valence-corrected chi connectivity index (χ1v) is 7.23. The zero-order valence-corrected chi connectivity index (χ0v) is 13.5. The Morgan fingerprint density at radius 3 is 2.36 bits per heavy atom. The first-order chi connectivity index (χ1) is 10.4. The van der Waals surface area contributed by atoms with Crippen LogP contribution in [-0.2, 0) is 11.8 Å². The van der Waals surface area contributed by atoms with Gasteiger partial charge in [0.15, 0.2) is 0 Å². The van der Waals surface area contributed by atoms with Gasteiger partial charge in [0, 0.05) is 47.3 Å². The first-order valence-electron chi connectivity index (χ1n) is 7.23. The van der Waals surface area contributed by atoms with E-state index in [-0.39, 0.29) is 11.9 Å². The van der Waals surface area contributed by atoms with E-state index in [1.165, 1.54) is 0 Å². The second-order valence-electron chi connectivity index (χ2n) is 5.59. The lowest BCUT2D eigenvalue weighted by atomic mass is 10.3. The maximum absolute atomic E-state index is 12.2. The molecule has 9 heteroatoms. The topological polar surface area (TPSA) is 86.6 Å². The average molecular weight is 309 g/mol. The van der Waals surface area contributed by atoms with Crippen LogP contribution >= 0.6 is 0 Å². The summed E-state index contributed by atoms with van der Waals surface area (Å²) in [5.74, 6) is 1.13. The minimum absolute atomic E-state index is 0.0751. The third kappa shape index (κ3) is 3.94. The van der Waals surface area contributed by atoms with Crippen molar-refractivity contribution in [2.24, 2.45) is 7.05 Å². The lowest BCUT2D eigenvalue weighted by Crippen LogP contribution is -2.52. The van der Waals surface area contributed by atoms with Gasteiger partial charge in [0.05, 0.1) is 6.54 Å². The van der Waals surface area contributed by atoms with Crippen LogP contribution in [0.25, 0.3) is 0 Å². The van der Waals surface area contributed by atoms with E-state index in [0.29, 0.717) is 38.7 Å². The van der Waals surface area contributed by atoms with Gasteiger partial charge in [-0.25, -0.2) is 4.79 Å². The number of anilines is 1. The molecule has 0 unspecified atom stereocenters. The van der Waals surface area contributed by atoms with E-state index in [4.69, 9.17) is 0 Å². The van der Waals surface area contributed by atoms with E-state index in [1.54, 1.807) is 35.6 Å². The van der Waals surface area contributed by atoms with Crippen LogP contribution in [0.2, 0.25) is 0 Å². The number of aryl methyl sites for hydroxylation is 2. The van der Waals surface area contributed by atoms with E-state index < -0.39 is 0 Å². The maximum Gasteiger partial charge on any atom is 0.324 e. The molecule has 3 amide bonds. The second kappa shape index (κ2) is 6.73. The number of urea groups is 1. The van der Waals surface area contributed by atoms with Crippen molar-refractivity contribution in [1.82, 2.24) is 29.5 Å². The summed E-state index contributed by atoms with van der Waals surface area (Å²) in [4.78, 5) is 33.3. The molecular formula is C13H23N7O2. The van der Waals surface area contributed by atoms with Gasteiger partial charge in [-0.15, -0.1) is 5.10 Å². The quantitative estimate of drug-likeness (QED) is 0.803. The third-order valence-corrected chi connectivity index (χ3v) is 3.72. The summed E-state index contributed by atoms with van der Waals surface area (Å²) in [6, 6.07) is -0.204. The smallest absolute Gasteiger partial charge is 0.324 e. The minimum Gasteiger partial charge on any atom is -0.348 e. The molecule has 2 heterocycles. The zero-order valence-electron chi connectivity index (χ0n) is 13.5. The van der Waals surface area contributed by atoms with Gasteiger partial charge in [-0.3, -0.25) is 19.7 Å². The Labute approximate surface area is 129 Å². The Hall–Kier alpha value is -2.16. The molecule has 0 aliphatic carbocycles. The number of likely N-dealkylation sites (N-methyl/N-ethyl adjacent to an activating group) is 1. The number of nitrogens with one attached hydrogen (secondary N) is 1. The van der Waals surface area contributed by atoms with Crippen molar-refractivity contribution in [3.8, 4) is 0 Å². The van der Waals surface area contributed by atoms with E-state index in [0.717, 1.165) is 5.82 Å². The van der Waals surface area contributed by atoms with Crippen molar-refractivity contribution in [1.29, 1.82) is 0 Å². The molecule has 0 bridgehead atoms. The summed E-state index contributed by atoms with van der Waals surface area (Å²) in [5.41, 5.74) is 0. The lowest BCUT2D eigenvalue weighted by molar-refractivity contribution is -0.130. The number of piperazine rings is 1. The minimum atomic E-state index is -0.204. The molecule has 1 saturated heterocycles. The number of amides is 3. The van der Waals surface area contributed by atoms with Crippen LogP contribution in [0.5, 0.6) is 0 Å². The van der Waals surface area contributed by atoms with Gasteiger partial charge < -0.3 is 9.80 Å². The average Bonchev–Trinajstić information content (AvgIpc) is 2.77. The molecule has 122 valence electrons. The Kier molecular flexibility index (Phi) is 4.96. The van der Waals surface area contributed by atoms with Gasteiger partial charge >= 0.3 is 6.03 Å². The molecule has 0 saturated carbocycles. The molecule has 1 aromatic heterocycles. The van der Waals surface area contributed by atoms with Crippen LogP contribution in [0.1, 0.15) is 5.82 Å². The van der Waals surface area contributed by atoms with Crippen molar-refractivity contribution in [3.05, 3.63) is 5.82 Å². The van der Waals surface area contributed by atoms with Crippen LogP contribution in [0.4, 0.5) is 10.7 Å². The van der Waals surface area contributed by atoms with Crippen LogP contribution in [0.3, 0.4) is 0 Å². The van der Waals surface area contributed by atoms with E-state index in [9.17, 15) is 9.59 Å². The highest BCUT2D eigenvalue weighted by Gasteiger charge is 2.23. The second-order valence-corrected chi connectivity index (χ2v) is 5.59. The number of nitrogens with zero attached hydrogens (tertiary/aromatic N) is 6. The molecule has 1 fully saturated rings. The number of carbonyl (C=O) groups is 2. The highest BCUT2D eigenvalue weighted by molar-refractivity contribution is 5.87. The number of aromatic nitrogens is 3. The van der Waals surface area contributed by atoms with E-state index in [1.807, 2.05) is 6.92 Å². The van der Waals surface area contributed by atoms with Gasteiger partial charge in [-0.05, 0) is 6.92 Å². The number of hydrogen-bond donors (Lipinski definition) is 1. The first kappa shape index (κ1) is 16.2. The van der Waals surface area contributed by atoms with Crippen molar-refractivity contribution < 1.29 is 9.59 Å². The Morgan fingerprint density at radius 1 is 1.23 bits per heavy atom. The molecule has 9 nitrogen and oxygen atoms in total. The fraction of sp³-hybridized carbons (Fsp3) is 0.692. The van der Waals surface area contributed by atoms with Gasteiger partial charge in [-0.1, -0.05) is 0 Å². The van der Waals surface area contributed by atoms with E-state index >= 15 is 0 Å². The van der Waals surface area contributed by atoms with Crippen molar-refractivity contribution in [2.75, 3.05) is 52.1 Å². The number of carbonyl (C=O) groups excluding carboxylic acids is 2. The summed E-state index contributed by atoms with van der Waals surface area (Å²) >= 11 is 0. The molecule has 1 N–H and O–H groups in total. The van der Waals surface area contributed by atoms with Gasteiger partial charge in [0.2, 0.25) is 11.9 Å². The number of rotatable bonds is 3. The molecule has 1 aliphatic heterocycles. The van der Waals surface area contributed by atoms with Crippen LogP contribution in [-0.4, -0.2) is 88.2 Å². The summed E-state index contributed by atoms with van der Waals surface area (Å²) in [7, 11) is 5.26. The predicted molar refractivity (Wildman–Crippen MR) is 81.5 cm³/mol. The van der Waals surface area contributed by atoms with Crippen LogP contribution in [0.15, 0.2) is 0 Å². The SMILES string of the molecule is Cc1nc(NC(=O)N2CCN(CC(=O)N(C)C)CC2)nn1C. The molecular weight excluding hydrogens is 286 g/mol. The highest BCUT2D eigenvalue weighted by atomic mass is 16.2. The van der Waals surface area contributed by atoms with Crippen molar-refractivity contribution in [2.45, 2.75) is 6.92 Å². The van der Waals surface area contributed by atoms with Gasteiger partial charge in [0.25, 0.3) is 0 Å².